The number of ketones is 1. The molecule has 160 valence electrons. The highest BCUT2D eigenvalue weighted by molar-refractivity contribution is 5.98. The smallest absolute Gasteiger partial charge is 0.226 e. The average Bonchev–Trinajstić information content (AvgIpc) is 2.77. The highest BCUT2D eigenvalue weighted by Crippen LogP contribution is 2.28. The van der Waals surface area contributed by atoms with Crippen molar-refractivity contribution in [2.75, 3.05) is 11.9 Å². The van der Waals surface area contributed by atoms with Crippen LogP contribution in [0.25, 0.3) is 11.1 Å². The number of carbonyl (C=O) groups excluding carboxylic acids is 2. The summed E-state index contributed by atoms with van der Waals surface area (Å²) in [5.41, 5.74) is 5.33. The molecule has 5 heteroatoms. The van der Waals surface area contributed by atoms with Crippen LogP contribution in [-0.4, -0.2) is 23.7 Å². The number of benzene rings is 2. The molecule has 0 spiro atoms. The Morgan fingerprint density at radius 2 is 1.74 bits per heavy atom. The number of aryl methyl sites for hydroxylation is 3. The highest BCUT2D eigenvalue weighted by Gasteiger charge is 2.15. The Kier molecular flexibility index (Phi) is 6.95. The molecule has 3 aromatic rings. The summed E-state index contributed by atoms with van der Waals surface area (Å²) in [5.74, 6) is -0.521. The molecule has 0 saturated heterocycles. The van der Waals surface area contributed by atoms with Gasteiger partial charge in [0.05, 0.1) is 5.69 Å². The molecular weight excluding hydrogens is 391 g/mol. The van der Waals surface area contributed by atoms with Gasteiger partial charge in [0.15, 0.2) is 5.78 Å². The van der Waals surface area contributed by atoms with Crippen LogP contribution in [0.1, 0.15) is 46.9 Å². The number of hydrogen-bond donors (Lipinski definition) is 0. The van der Waals surface area contributed by atoms with Crippen molar-refractivity contribution in [3.05, 3.63) is 82.9 Å². The second kappa shape index (κ2) is 9.65. The Bertz CT molecular complexity index is 1120. The average molecular weight is 419 g/mol. The van der Waals surface area contributed by atoms with E-state index in [9.17, 15) is 14.0 Å². The first-order chi connectivity index (χ1) is 14.8. The highest BCUT2D eigenvalue weighted by atomic mass is 19.1. The largest absolute Gasteiger partial charge is 0.313 e. The Hall–Kier alpha value is -3.34. The maximum atomic E-state index is 14.6. The molecule has 0 aliphatic rings. The summed E-state index contributed by atoms with van der Waals surface area (Å²) in [5, 5.41) is 0. The minimum absolute atomic E-state index is 0.0773. The molecule has 0 unspecified atom stereocenters. The quantitative estimate of drug-likeness (QED) is 0.463. The van der Waals surface area contributed by atoms with E-state index in [2.05, 4.69) is 4.98 Å². The molecule has 0 aliphatic carbocycles. The predicted molar refractivity (Wildman–Crippen MR) is 122 cm³/mol. The lowest BCUT2D eigenvalue weighted by atomic mass is 9.95. The van der Waals surface area contributed by atoms with Crippen LogP contribution in [0.15, 0.2) is 54.7 Å². The van der Waals surface area contributed by atoms with Crippen LogP contribution < -0.4 is 4.90 Å². The first kappa shape index (κ1) is 22.3. The van der Waals surface area contributed by atoms with E-state index in [1.807, 2.05) is 44.2 Å². The van der Waals surface area contributed by atoms with Gasteiger partial charge in [0.2, 0.25) is 5.91 Å². The van der Waals surface area contributed by atoms with Gasteiger partial charge in [-0.15, -0.1) is 0 Å². The number of carbonyl (C=O) groups is 2. The van der Waals surface area contributed by atoms with Gasteiger partial charge in [0, 0.05) is 37.3 Å². The molecule has 1 aromatic heterocycles. The van der Waals surface area contributed by atoms with E-state index in [1.165, 1.54) is 11.0 Å². The van der Waals surface area contributed by atoms with Gasteiger partial charge in [-0.3, -0.25) is 14.6 Å². The number of hydrogen-bond acceptors (Lipinski definition) is 3. The first-order valence-electron chi connectivity index (χ1n) is 10.4. The van der Waals surface area contributed by atoms with E-state index in [0.717, 1.165) is 22.4 Å². The van der Waals surface area contributed by atoms with E-state index in [-0.39, 0.29) is 17.4 Å². The molecule has 31 heavy (non-hydrogen) atoms. The summed E-state index contributed by atoms with van der Waals surface area (Å²) < 4.78 is 14.6. The second-order valence-electron chi connectivity index (χ2n) is 7.67. The zero-order valence-electron chi connectivity index (χ0n) is 18.4. The monoisotopic (exact) mass is 418 g/mol. The van der Waals surface area contributed by atoms with Gasteiger partial charge in [-0.25, -0.2) is 4.39 Å². The Labute approximate surface area is 182 Å². The Morgan fingerprint density at radius 1 is 1.03 bits per heavy atom. The molecule has 0 N–H and O–H groups in total. The lowest BCUT2D eigenvalue weighted by Gasteiger charge is -2.18. The van der Waals surface area contributed by atoms with Crippen molar-refractivity contribution in [2.45, 2.75) is 40.0 Å². The number of aromatic nitrogens is 1. The molecule has 0 atom stereocenters. The summed E-state index contributed by atoms with van der Waals surface area (Å²) in [6.45, 7) is 5.58. The van der Waals surface area contributed by atoms with Crippen LogP contribution in [0.5, 0.6) is 0 Å². The summed E-state index contributed by atoms with van der Waals surface area (Å²) in [4.78, 5) is 30.2. The molecule has 2 aromatic carbocycles. The van der Waals surface area contributed by atoms with Gasteiger partial charge in [-0.2, -0.15) is 0 Å². The lowest BCUT2D eigenvalue weighted by Crippen LogP contribution is -2.25. The van der Waals surface area contributed by atoms with E-state index in [1.54, 1.807) is 32.3 Å². The van der Waals surface area contributed by atoms with E-state index in [4.69, 9.17) is 0 Å². The minimum atomic E-state index is -0.452. The number of Topliss-reactive ketones (excluding diaryl/α,β-unsaturated/α-hetero) is 1. The first-order valence-corrected chi connectivity index (χ1v) is 10.4. The summed E-state index contributed by atoms with van der Waals surface area (Å²) in [6, 6.07) is 14.3. The van der Waals surface area contributed by atoms with Gasteiger partial charge in [0.1, 0.15) is 5.82 Å². The second-order valence-corrected chi connectivity index (χ2v) is 7.67. The lowest BCUT2D eigenvalue weighted by molar-refractivity contribution is -0.118. The molecule has 1 amide bonds. The van der Waals surface area contributed by atoms with Gasteiger partial charge >= 0.3 is 0 Å². The molecule has 4 nitrogen and oxygen atoms in total. The number of rotatable bonds is 7. The number of pyridine rings is 1. The van der Waals surface area contributed by atoms with Gasteiger partial charge in [-0.1, -0.05) is 37.3 Å². The third-order valence-electron chi connectivity index (χ3n) is 5.58. The topological polar surface area (TPSA) is 50.3 Å². The summed E-state index contributed by atoms with van der Waals surface area (Å²) in [6.07, 6.45) is 3.12. The van der Waals surface area contributed by atoms with Gasteiger partial charge < -0.3 is 4.90 Å². The Morgan fingerprint density at radius 3 is 2.39 bits per heavy atom. The fourth-order valence-electron chi connectivity index (χ4n) is 3.65. The number of anilines is 1. The van der Waals surface area contributed by atoms with E-state index < -0.39 is 5.82 Å². The van der Waals surface area contributed by atoms with Crippen LogP contribution in [0.2, 0.25) is 0 Å². The molecule has 3 rings (SSSR count). The zero-order chi connectivity index (χ0) is 22.5. The van der Waals surface area contributed by atoms with E-state index >= 15 is 0 Å². The normalized spacial score (nSPS) is 10.7. The molecule has 0 bridgehead atoms. The van der Waals surface area contributed by atoms with Crippen LogP contribution >= 0.6 is 0 Å². The van der Waals surface area contributed by atoms with Gasteiger partial charge in [0.25, 0.3) is 0 Å². The number of nitrogens with zero attached hydrogens (tertiary/aromatic N) is 2. The molecule has 0 aliphatic heterocycles. The van der Waals surface area contributed by atoms with Crippen LogP contribution in [0, 0.1) is 19.7 Å². The zero-order valence-corrected chi connectivity index (χ0v) is 18.4. The van der Waals surface area contributed by atoms with Crippen LogP contribution in [-0.2, 0) is 11.2 Å². The third-order valence-corrected chi connectivity index (χ3v) is 5.58. The number of amides is 1. The molecule has 0 saturated carbocycles. The van der Waals surface area contributed by atoms with Crippen molar-refractivity contribution < 1.29 is 14.0 Å². The van der Waals surface area contributed by atoms with Gasteiger partial charge in [-0.05, 0) is 60.7 Å². The fourth-order valence-corrected chi connectivity index (χ4v) is 3.65. The summed E-state index contributed by atoms with van der Waals surface area (Å²) >= 11 is 0. The predicted octanol–water partition coefficient (Wildman–Crippen LogP) is 5.69. The standard InChI is InChI=1S/C26H27FN2O2/c1-5-26(31)29(4)24-12-9-21(16-23(24)27)20-8-11-22(17(2)15-20)25(30)13-10-19-7-6-14-28-18(19)3/h6-9,11-12,14-16H,5,10,13H2,1-4H3. The maximum Gasteiger partial charge on any atom is 0.226 e. The van der Waals surface area contributed by atoms with Crippen molar-refractivity contribution in [3.63, 3.8) is 0 Å². The maximum absolute atomic E-state index is 14.6. The molecular formula is C26H27FN2O2. The fraction of sp³-hybridized carbons (Fsp3) is 0.269. The molecule has 1 heterocycles. The number of halogens is 1. The van der Waals surface area contributed by atoms with Crippen molar-refractivity contribution in [1.82, 2.24) is 4.98 Å². The van der Waals surface area contributed by atoms with Crippen LogP contribution in [0.3, 0.4) is 0 Å². The minimum Gasteiger partial charge on any atom is -0.313 e. The van der Waals surface area contributed by atoms with Crippen molar-refractivity contribution in [2.24, 2.45) is 0 Å². The van der Waals surface area contributed by atoms with Crippen molar-refractivity contribution in [3.8, 4) is 11.1 Å². The SMILES string of the molecule is CCC(=O)N(C)c1ccc(-c2ccc(C(=O)CCc3cccnc3C)c(C)c2)cc1F. The summed E-state index contributed by atoms with van der Waals surface area (Å²) in [7, 11) is 1.57. The third kappa shape index (κ3) is 5.05. The molecule has 0 radical (unpaired) electrons. The van der Waals surface area contributed by atoms with Crippen molar-refractivity contribution in [1.29, 1.82) is 0 Å². The molecule has 0 fully saturated rings. The van der Waals surface area contributed by atoms with Crippen molar-refractivity contribution >= 4 is 17.4 Å². The van der Waals surface area contributed by atoms with Crippen LogP contribution in [0.4, 0.5) is 10.1 Å². The van der Waals surface area contributed by atoms with E-state index in [0.29, 0.717) is 30.4 Å². The Balaban J connectivity index is 1.77.